The summed E-state index contributed by atoms with van der Waals surface area (Å²) in [6.45, 7) is 0.582. The Morgan fingerprint density at radius 1 is 1.62 bits per heavy atom. The van der Waals surface area contributed by atoms with Gasteiger partial charge >= 0.3 is 5.97 Å². The molecule has 0 spiro atoms. The summed E-state index contributed by atoms with van der Waals surface area (Å²) in [5, 5.41) is 8.83. The van der Waals surface area contributed by atoms with Crippen molar-refractivity contribution in [3.8, 4) is 5.75 Å². The highest BCUT2D eigenvalue weighted by Gasteiger charge is 2.19. The number of fused-ring (bicyclic) bond motifs is 1. The lowest BCUT2D eigenvalue weighted by molar-refractivity contribution is 0.0691. The van der Waals surface area contributed by atoms with E-state index in [1.165, 1.54) is 12.3 Å². The molecule has 2 rings (SSSR count). The lowest BCUT2D eigenvalue weighted by Crippen LogP contribution is -2.13. The van der Waals surface area contributed by atoms with Crippen LogP contribution in [0.3, 0.4) is 0 Å². The minimum Gasteiger partial charge on any atom is -0.491 e. The van der Waals surface area contributed by atoms with Gasteiger partial charge in [0.05, 0.1) is 12.3 Å². The summed E-state index contributed by atoms with van der Waals surface area (Å²) < 4.78 is 5.27. The molecule has 1 N–H and O–H groups in total. The zero-order chi connectivity index (χ0) is 9.26. The monoisotopic (exact) mass is 179 g/mol. The van der Waals surface area contributed by atoms with Crippen LogP contribution in [-0.2, 0) is 6.42 Å². The van der Waals surface area contributed by atoms with E-state index in [0.717, 1.165) is 18.5 Å². The van der Waals surface area contributed by atoms with Gasteiger partial charge in [0, 0.05) is 6.20 Å². The van der Waals surface area contributed by atoms with Gasteiger partial charge in [-0.15, -0.1) is 0 Å². The van der Waals surface area contributed by atoms with E-state index >= 15 is 0 Å². The number of aromatic nitrogens is 1. The van der Waals surface area contributed by atoms with Crippen molar-refractivity contribution in [2.75, 3.05) is 6.61 Å². The Balaban J connectivity index is 2.52. The molecule has 1 aliphatic heterocycles. The number of carboxylic acid groups (broad SMARTS) is 1. The number of carbonyl (C=O) groups is 1. The molecule has 0 atom stereocenters. The number of nitrogens with zero attached hydrogens (tertiary/aromatic N) is 1. The SMILES string of the molecule is O=C(O)c1ccnc2c1OCCC2. The number of aromatic carboxylic acids is 1. The quantitative estimate of drug-likeness (QED) is 0.701. The highest BCUT2D eigenvalue weighted by atomic mass is 16.5. The Morgan fingerprint density at radius 2 is 2.46 bits per heavy atom. The van der Waals surface area contributed by atoms with Crippen LogP contribution < -0.4 is 4.74 Å². The zero-order valence-corrected chi connectivity index (χ0v) is 6.99. The molecule has 4 nitrogen and oxygen atoms in total. The Hall–Kier alpha value is -1.58. The topological polar surface area (TPSA) is 59.4 Å². The van der Waals surface area contributed by atoms with Crippen LogP contribution in [0, 0.1) is 0 Å². The molecule has 0 bridgehead atoms. The lowest BCUT2D eigenvalue weighted by atomic mass is 10.1. The number of carboxylic acids is 1. The van der Waals surface area contributed by atoms with E-state index in [9.17, 15) is 4.79 Å². The van der Waals surface area contributed by atoms with Crippen molar-refractivity contribution in [3.63, 3.8) is 0 Å². The summed E-state index contributed by atoms with van der Waals surface area (Å²) in [4.78, 5) is 14.8. The van der Waals surface area contributed by atoms with Crippen LogP contribution >= 0.6 is 0 Å². The van der Waals surface area contributed by atoms with Gasteiger partial charge in [-0.2, -0.15) is 0 Å². The first-order chi connectivity index (χ1) is 6.29. The largest absolute Gasteiger partial charge is 0.491 e. The van der Waals surface area contributed by atoms with Crippen LogP contribution in [-0.4, -0.2) is 22.7 Å². The van der Waals surface area contributed by atoms with Crippen LogP contribution in [0.1, 0.15) is 22.5 Å². The van der Waals surface area contributed by atoms with Gasteiger partial charge in [0.25, 0.3) is 0 Å². The second-order valence-electron chi connectivity index (χ2n) is 2.89. The third kappa shape index (κ3) is 1.35. The zero-order valence-electron chi connectivity index (χ0n) is 6.99. The highest BCUT2D eigenvalue weighted by Crippen LogP contribution is 2.26. The molecule has 0 aromatic carbocycles. The van der Waals surface area contributed by atoms with Crippen LogP contribution in [0.2, 0.25) is 0 Å². The van der Waals surface area contributed by atoms with Crippen molar-refractivity contribution in [1.82, 2.24) is 4.98 Å². The van der Waals surface area contributed by atoms with Crippen LogP contribution in [0.25, 0.3) is 0 Å². The number of hydrogen-bond acceptors (Lipinski definition) is 3. The summed E-state index contributed by atoms with van der Waals surface area (Å²) in [5.41, 5.74) is 0.968. The highest BCUT2D eigenvalue weighted by molar-refractivity contribution is 5.91. The van der Waals surface area contributed by atoms with Gasteiger partial charge in [0.1, 0.15) is 5.56 Å². The standard InChI is InChI=1S/C9H9NO3/c11-9(12)6-3-4-10-7-2-1-5-13-8(6)7/h3-4H,1-2,5H2,(H,11,12). The van der Waals surface area contributed by atoms with Gasteiger partial charge < -0.3 is 9.84 Å². The van der Waals surface area contributed by atoms with E-state index in [1.807, 2.05) is 0 Å². The molecule has 0 saturated heterocycles. The Kier molecular flexibility index (Phi) is 1.88. The minimum atomic E-state index is -0.958. The lowest BCUT2D eigenvalue weighted by Gasteiger charge is -2.17. The molecule has 13 heavy (non-hydrogen) atoms. The van der Waals surface area contributed by atoms with Gasteiger partial charge in [0.2, 0.25) is 0 Å². The summed E-state index contributed by atoms with van der Waals surface area (Å²) >= 11 is 0. The van der Waals surface area contributed by atoms with E-state index in [0.29, 0.717) is 12.4 Å². The average Bonchev–Trinajstić information content (AvgIpc) is 2.17. The molecule has 1 aromatic heterocycles. The Labute approximate surface area is 75.2 Å². The maximum Gasteiger partial charge on any atom is 0.339 e. The molecule has 1 aromatic rings. The normalized spacial score (nSPS) is 14.5. The van der Waals surface area contributed by atoms with Crippen LogP contribution in [0.4, 0.5) is 0 Å². The summed E-state index contributed by atoms with van der Waals surface area (Å²) in [6.07, 6.45) is 3.22. The summed E-state index contributed by atoms with van der Waals surface area (Å²) in [5.74, 6) is -0.512. The van der Waals surface area contributed by atoms with Crippen molar-refractivity contribution in [3.05, 3.63) is 23.5 Å². The van der Waals surface area contributed by atoms with E-state index < -0.39 is 5.97 Å². The summed E-state index contributed by atoms with van der Waals surface area (Å²) in [7, 11) is 0. The van der Waals surface area contributed by atoms with Crippen molar-refractivity contribution < 1.29 is 14.6 Å². The van der Waals surface area contributed by atoms with Gasteiger partial charge in [0.15, 0.2) is 5.75 Å². The molecule has 4 heteroatoms. The second kappa shape index (κ2) is 3.05. The number of aryl methyl sites for hydroxylation is 1. The maximum atomic E-state index is 10.8. The number of rotatable bonds is 1. The van der Waals surface area contributed by atoms with Crippen molar-refractivity contribution in [2.45, 2.75) is 12.8 Å². The molecule has 2 heterocycles. The molecule has 0 saturated carbocycles. The van der Waals surface area contributed by atoms with Crippen molar-refractivity contribution >= 4 is 5.97 Å². The average molecular weight is 179 g/mol. The van der Waals surface area contributed by atoms with Crippen LogP contribution in [0.5, 0.6) is 5.75 Å². The number of hydrogen-bond donors (Lipinski definition) is 1. The van der Waals surface area contributed by atoms with Gasteiger partial charge in [-0.05, 0) is 18.9 Å². The second-order valence-corrected chi connectivity index (χ2v) is 2.89. The minimum absolute atomic E-state index is 0.213. The van der Waals surface area contributed by atoms with E-state index in [1.54, 1.807) is 0 Å². The first kappa shape index (κ1) is 8.04. The third-order valence-corrected chi connectivity index (χ3v) is 2.01. The van der Waals surface area contributed by atoms with Crippen molar-refractivity contribution in [1.29, 1.82) is 0 Å². The predicted octanol–water partition coefficient (Wildman–Crippen LogP) is 1.10. The van der Waals surface area contributed by atoms with Gasteiger partial charge in [-0.25, -0.2) is 4.79 Å². The molecule has 0 fully saturated rings. The first-order valence-electron chi connectivity index (χ1n) is 4.13. The molecular weight excluding hydrogens is 170 g/mol. The van der Waals surface area contributed by atoms with Crippen molar-refractivity contribution in [2.24, 2.45) is 0 Å². The molecule has 0 aliphatic carbocycles. The maximum absolute atomic E-state index is 10.8. The molecule has 68 valence electrons. The third-order valence-electron chi connectivity index (χ3n) is 2.01. The fourth-order valence-electron chi connectivity index (χ4n) is 1.41. The first-order valence-corrected chi connectivity index (χ1v) is 4.13. The molecule has 0 unspecified atom stereocenters. The fourth-order valence-corrected chi connectivity index (χ4v) is 1.41. The van der Waals surface area contributed by atoms with Gasteiger partial charge in [-0.1, -0.05) is 0 Å². The number of ether oxygens (including phenoxy) is 1. The molecular formula is C9H9NO3. The Morgan fingerprint density at radius 3 is 3.23 bits per heavy atom. The number of pyridine rings is 1. The molecule has 0 radical (unpaired) electrons. The van der Waals surface area contributed by atoms with E-state index in [4.69, 9.17) is 9.84 Å². The van der Waals surface area contributed by atoms with Crippen LogP contribution in [0.15, 0.2) is 12.3 Å². The molecule has 0 amide bonds. The van der Waals surface area contributed by atoms with E-state index in [2.05, 4.69) is 4.98 Å². The fraction of sp³-hybridized carbons (Fsp3) is 0.333. The smallest absolute Gasteiger partial charge is 0.339 e. The Bertz CT molecular complexity index is 349. The van der Waals surface area contributed by atoms with Gasteiger partial charge in [-0.3, -0.25) is 4.98 Å². The molecule has 1 aliphatic rings. The summed E-state index contributed by atoms with van der Waals surface area (Å²) in [6, 6.07) is 1.46. The predicted molar refractivity (Wildman–Crippen MR) is 45.0 cm³/mol. The van der Waals surface area contributed by atoms with E-state index in [-0.39, 0.29) is 5.56 Å².